The zero-order valence-corrected chi connectivity index (χ0v) is 9.45. The molecule has 0 amide bonds. The van der Waals surface area contributed by atoms with Crippen molar-refractivity contribution >= 4 is 5.97 Å². The van der Waals surface area contributed by atoms with Crippen LogP contribution in [0.5, 0.6) is 0 Å². The Hall–Kier alpha value is -2.23. The highest BCUT2D eigenvalue weighted by Crippen LogP contribution is 2.16. The van der Waals surface area contributed by atoms with E-state index in [1.54, 1.807) is 36.3 Å². The molecule has 4 nitrogen and oxygen atoms in total. The smallest absolute Gasteiger partial charge is 0.373 e. The van der Waals surface area contributed by atoms with Crippen LogP contribution >= 0.6 is 0 Å². The van der Waals surface area contributed by atoms with E-state index in [0.29, 0.717) is 0 Å². The molecule has 4 heteroatoms. The van der Waals surface area contributed by atoms with Crippen molar-refractivity contribution in [1.82, 2.24) is 4.98 Å². The Morgan fingerprint density at radius 3 is 2.24 bits per heavy atom. The van der Waals surface area contributed by atoms with Gasteiger partial charge in [0.2, 0.25) is 0 Å². The minimum absolute atomic E-state index is 0.554. The van der Waals surface area contributed by atoms with Crippen LogP contribution < -0.4 is 4.57 Å². The first-order chi connectivity index (χ1) is 8.18. The van der Waals surface area contributed by atoms with Crippen molar-refractivity contribution in [3.63, 3.8) is 0 Å². The molecule has 0 saturated carbocycles. The van der Waals surface area contributed by atoms with Gasteiger partial charge < -0.3 is 5.11 Å². The molecule has 0 aliphatic rings. The third kappa shape index (κ3) is 2.47. The summed E-state index contributed by atoms with van der Waals surface area (Å²) in [5, 5.41) is 8.89. The minimum Gasteiger partial charge on any atom is -0.476 e. The predicted octanol–water partition coefficient (Wildman–Crippen LogP) is 1.68. The van der Waals surface area contributed by atoms with Gasteiger partial charge in [0.05, 0.1) is 0 Å². The SMILES string of the molecule is CC(C(=O)O)[n+]1ccc(-c2ccncc2)cc1. The lowest BCUT2D eigenvalue weighted by atomic mass is 10.1. The number of hydrogen-bond acceptors (Lipinski definition) is 2. The molecular weight excluding hydrogens is 216 g/mol. The number of carbonyl (C=O) groups is 1. The highest BCUT2D eigenvalue weighted by Gasteiger charge is 2.20. The standard InChI is InChI=1S/C13H12N2O2/c1-10(13(16)17)15-8-4-12(5-9-15)11-2-6-14-7-3-11/h2-10H,1H3/p+1. The lowest BCUT2D eigenvalue weighted by Gasteiger charge is -2.03. The zero-order chi connectivity index (χ0) is 12.3. The fraction of sp³-hybridized carbons (Fsp3) is 0.154. The summed E-state index contributed by atoms with van der Waals surface area (Å²) in [5.41, 5.74) is 2.11. The van der Waals surface area contributed by atoms with E-state index in [-0.39, 0.29) is 0 Å². The van der Waals surface area contributed by atoms with Crippen LogP contribution in [0.15, 0.2) is 49.1 Å². The van der Waals surface area contributed by atoms with Crippen molar-refractivity contribution < 1.29 is 14.5 Å². The van der Waals surface area contributed by atoms with Crippen molar-refractivity contribution in [2.45, 2.75) is 13.0 Å². The maximum Gasteiger partial charge on any atom is 0.373 e. The van der Waals surface area contributed by atoms with Gasteiger partial charge in [0, 0.05) is 31.5 Å². The predicted molar refractivity (Wildman–Crippen MR) is 62.2 cm³/mol. The van der Waals surface area contributed by atoms with Gasteiger partial charge in [-0.2, -0.15) is 4.57 Å². The van der Waals surface area contributed by atoms with E-state index in [0.717, 1.165) is 11.1 Å². The number of carboxylic acids is 1. The molecule has 0 aliphatic heterocycles. The first kappa shape index (κ1) is 11.3. The van der Waals surface area contributed by atoms with Crippen molar-refractivity contribution in [3.05, 3.63) is 49.1 Å². The molecule has 0 radical (unpaired) electrons. The fourth-order valence-corrected chi connectivity index (χ4v) is 1.56. The van der Waals surface area contributed by atoms with Crippen LogP contribution in [0, 0.1) is 0 Å². The molecule has 86 valence electrons. The van der Waals surface area contributed by atoms with Crippen molar-refractivity contribution in [1.29, 1.82) is 0 Å². The van der Waals surface area contributed by atoms with Gasteiger partial charge in [0.1, 0.15) is 0 Å². The number of carboxylic acid groups (broad SMARTS) is 1. The van der Waals surface area contributed by atoms with Gasteiger partial charge in [-0.3, -0.25) is 4.98 Å². The molecule has 1 unspecified atom stereocenters. The van der Waals surface area contributed by atoms with E-state index in [9.17, 15) is 4.79 Å². The second-order valence-electron chi connectivity index (χ2n) is 3.78. The molecular formula is C13H13N2O2+. The van der Waals surface area contributed by atoms with Crippen molar-refractivity contribution in [2.24, 2.45) is 0 Å². The summed E-state index contributed by atoms with van der Waals surface area (Å²) >= 11 is 0. The zero-order valence-electron chi connectivity index (χ0n) is 9.45. The lowest BCUT2D eigenvalue weighted by Crippen LogP contribution is -2.41. The van der Waals surface area contributed by atoms with Crippen LogP contribution in [-0.4, -0.2) is 16.1 Å². The van der Waals surface area contributed by atoms with Gasteiger partial charge in [-0.15, -0.1) is 0 Å². The van der Waals surface area contributed by atoms with Gasteiger partial charge in [0.25, 0.3) is 6.04 Å². The average Bonchev–Trinajstić information content (AvgIpc) is 2.39. The van der Waals surface area contributed by atoms with Gasteiger partial charge in [-0.25, -0.2) is 4.79 Å². The summed E-state index contributed by atoms with van der Waals surface area (Å²) in [6.07, 6.45) is 7.01. The van der Waals surface area contributed by atoms with E-state index < -0.39 is 12.0 Å². The summed E-state index contributed by atoms with van der Waals surface area (Å²) in [7, 11) is 0. The van der Waals surface area contributed by atoms with Crippen molar-refractivity contribution in [3.8, 4) is 11.1 Å². The lowest BCUT2D eigenvalue weighted by molar-refractivity contribution is -0.707. The van der Waals surface area contributed by atoms with Crippen LogP contribution in [0.25, 0.3) is 11.1 Å². The van der Waals surface area contributed by atoms with Crippen molar-refractivity contribution in [2.75, 3.05) is 0 Å². The van der Waals surface area contributed by atoms with Gasteiger partial charge in [-0.1, -0.05) is 0 Å². The van der Waals surface area contributed by atoms with E-state index >= 15 is 0 Å². The van der Waals surface area contributed by atoms with E-state index in [1.807, 2.05) is 24.3 Å². The Labute approximate surface area is 99.2 Å². The van der Waals surface area contributed by atoms with E-state index in [4.69, 9.17) is 5.11 Å². The molecule has 0 spiro atoms. The van der Waals surface area contributed by atoms with Crippen LogP contribution in [0.1, 0.15) is 13.0 Å². The Kier molecular flexibility index (Phi) is 3.14. The molecule has 2 heterocycles. The average molecular weight is 229 g/mol. The summed E-state index contributed by atoms with van der Waals surface area (Å²) < 4.78 is 1.66. The van der Waals surface area contributed by atoms with Crippen LogP contribution in [-0.2, 0) is 4.79 Å². The number of aliphatic carboxylic acids is 1. The first-order valence-electron chi connectivity index (χ1n) is 5.32. The Morgan fingerprint density at radius 1 is 1.18 bits per heavy atom. The fourth-order valence-electron chi connectivity index (χ4n) is 1.56. The molecule has 0 bridgehead atoms. The summed E-state index contributed by atoms with van der Waals surface area (Å²) in [6, 6.07) is 7.07. The number of nitrogens with zero attached hydrogens (tertiary/aromatic N) is 2. The topological polar surface area (TPSA) is 54.1 Å². The molecule has 2 aromatic heterocycles. The molecule has 2 rings (SSSR count). The second-order valence-corrected chi connectivity index (χ2v) is 3.78. The number of pyridine rings is 2. The largest absolute Gasteiger partial charge is 0.476 e. The third-order valence-corrected chi connectivity index (χ3v) is 2.67. The Bertz CT molecular complexity index is 509. The van der Waals surface area contributed by atoms with Gasteiger partial charge >= 0.3 is 5.97 Å². The third-order valence-electron chi connectivity index (χ3n) is 2.67. The number of rotatable bonds is 3. The summed E-state index contributed by atoms with van der Waals surface area (Å²) in [4.78, 5) is 14.8. The van der Waals surface area contributed by atoms with Crippen LogP contribution in [0.2, 0.25) is 0 Å². The van der Waals surface area contributed by atoms with Gasteiger partial charge in [-0.05, 0) is 23.3 Å². The van der Waals surface area contributed by atoms with Gasteiger partial charge in [0.15, 0.2) is 12.4 Å². The Morgan fingerprint density at radius 2 is 1.71 bits per heavy atom. The molecule has 0 aliphatic carbocycles. The van der Waals surface area contributed by atoms with Crippen LogP contribution in [0.4, 0.5) is 0 Å². The molecule has 0 fully saturated rings. The molecule has 1 N–H and O–H groups in total. The molecule has 17 heavy (non-hydrogen) atoms. The minimum atomic E-state index is -0.841. The summed E-state index contributed by atoms with van der Waals surface area (Å²) in [6.45, 7) is 1.65. The maximum absolute atomic E-state index is 10.8. The number of hydrogen-bond donors (Lipinski definition) is 1. The van der Waals surface area contributed by atoms with Crippen LogP contribution in [0.3, 0.4) is 0 Å². The molecule has 0 saturated heterocycles. The van der Waals surface area contributed by atoms with E-state index in [1.165, 1.54) is 0 Å². The monoisotopic (exact) mass is 229 g/mol. The Balaban J connectivity index is 2.28. The highest BCUT2D eigenvalue weighted by atomic mass is 16.4. The number of aromatic nitrogens is 2. The summed E-state index contributed by atoms with van der Waals surface area (Å²) in [5.74, 6) is -0.841. The maximum atomic E-state index is 10.8. The first-order valence-corrected chi connectivity index (χ1v) is 5.32. The highest BCUT2D eigenvalue weighted by molar-refractivity contribution is 5.69. The normalized spacial score (nSPS) is 12.1. The quantitative estimate of drug-likeness (QED) is 0.815. The van der Waals surface area contributed by atoms with E-state index in [2.05, 4.69) is 4.98 Å². The molecule has 1 atom stereocenters. The molecule has 2 aromatic rings. The second kappa shape index (κ2) is 4.74. The molecule has 0 aromatic carbocycles.